The smallest absolute Gasteiger partial charge is 0.108 e. The predicted molar refractivity (Wildman–Crippen MR) is 164 cm³/mol. The summed E-state index contributed by atoms with van der Waals surface area (Å²) in [6.45, 7) is 10.8. The van der Waals surface area contributed by atoms with Crippen molar-refractivity contribution >= 4 is 35.3 Å². The van der Waals surface area contributed by atoms with E-state index in [-0.39, 0.29) is 0 Å². The molecule has 0 heterocycles. The van der Waals surface area contributed by atoms with Gasteiger partial charge in [-0.15, -0.1) is 0 Å². The molecule has 180 valence electrons. The normalized spacial score (nSPS) is 11.3. The van der Waals surface area contributed by atoms with Gasteiger partial charge >= 0.3 is 0 Å². The van der Waals surface area contributed by atoms with Crippen LogP contribution in [-0.4, -0.2) is 30.8 Å². The average molecular weight is 478 g/mol. The molecule has 0 aliphatic rings. The van der Waals surface area contributed by atoms with Crippen molar-refractivity contribution in [2.75, 3.05) is 24.6 Å². The largest absolute Gasteiger partial charge is 0.195 e. The van der Waals surface area contributed by atoms with Crippen molar-refractivity contribution < 1.29 is 0 Å². The molecule has 0 aliphatic heterocycles. The zero-order valence-electron chi connectivity index (χ0n) is 21.7. The van der Waals surface area contributed by atoms with Crippen molar-refractivity contribution in [3.63, 3.8) is 0 Å². The molecule has 4 rings (SSSR count). The molecular formula is C33H40BP. The number of hydrogen-bond donors (Lipinski definition) is 0. The van der Waals surface area contributed by atoms with Crippen LogP contribution in [0.3, 0.4) is 0 Å². The van der Waals surface area contributed by atoms with E-state index in [0.717, 1.165) is 0 Å². The lowest BCUT2D eigenvalue weighted by Crippen LogP contribution is -2.74. The number of rotatable bonds is 9. The highest BCUT2D eigenvalue weighted by Gasteiger charge is 2.31. The van der Waals surface area contributed by atoms with Crippen LogP contribution < -0.4 is 21.9 Å². The Balaban J connectivity index is 0.000000292. The Bertz CT molecular complexity index is 949. The lowest BCUT2D eigenvalue weighted by Gasteiger charge is -2.44. The quantitative estimate of drug-likeness (QED) is 0.150. The van der Waals surface area contributed by atoms with Crippen LogP contribution >= 0.6 is 7.26 Å². The molecule has 0 spiro atoms. The van der Waals surface area contributed by atoms with E-state index in [1.54, 1.807) is 0 Å². The zero-order valence-corrected chi connectivity index (χ0v) is 22.6. The third-order valence-corrected chi connectivity index (χ3v) is 12.8. The molecule has 0 N–H and O–H groups in total. The molecule has 4 aromatic carbocycles. The fourth-order valence-corrected chi connectivity index (χ4v) is 8.12. The molecule has 0 radical (unpaired) electrons. The van der Waals surface area contributed by atoms with Gasteiger partial charge in [0.05, 0.1) is 24.6 Å². The summed E-state index contributed by atoms with van der Waals surface area (Å²) < 4.78 is 0. The van der Waals surface area contributed by atoms with Gasteiger partial charge in [0.2, 0.25) is 0 Å². The average Bonchev–Trinajstić information content (AvgIpc) is 2.95. The highest BCUT2D eigenvalue weighted by Crippen LogP contribution is 2.57. The molecule has 0 fully saturated rings. The van der Waals surface area contributed by atoms with E-state index < -0.39 is 13.4 Å². The lowest BCUT2D eigenvalue weighted by molar-refractivity contribution is 1.28. The molecule has 0 saturated carbocycles. The fourth-order valence-electron chi connectivity index (χ4n) is 5.45. The first kappa shape index (κ1) is 26.7. The summed E-state index contributed by atoms with van der Waals surface area (Å²) >= 11 is 0. The van der Waals surface area contributed by atoms with Gasteiger partial charge in [0, 0.05) is 7.26 Å². The first-order valence-electron chi connectivity index (χ1n) is 13.0. The molecule has 0 aliphatic carbocycles. The molecule has 0 atom stereocenters. The molecule has 0 unspecified atom stereocenters. The number of benzene rings is 4. The summed E-state index contributed by atoms with van der Waals surface area (Å²) in [5, 5.41) is 0. The summed E-state index contributed by atoms with van der Waals surface area (Å²) in [4.78, 5) is 0. The van der Waals surface area contributed by atoms with Crippen molar-refractivity contribution in [1.82, 2.24) is 0 Å². The highest BCUT2D eigenvalue weighted by atomic mass is 31.2. The summed E-state index contributed by atoms with van der Waals surface area (Å²) in [5.41, 5.74) is 5.36. The highest BCUT2D eigenvalue weighted by molar-refractivity contribution is 7.75. The van der Waals surface area contributed by atoms with Crippen molar-refractivity contribution in [3.05, 3.63) is 134 Å². The van der Waals surface area contributed by atoms with E-state index in [0.29, 0.717) is 0 Å². The van der Waals surface area contributed by atoms with Gasteiger partial charge < -0.3 is 0 Å². The number of hydrogen-bond acceptors (Lipinski definition) is 0. The van der Waals surface area contributed by atoms with Gasteiger partial charge in [0.25, 0.3) is 0 Å². The molecule has 0 nitrogen and oxygen atoms in total. The summed E-state index contributed by atoms with van der Waals surface area (Å²) in [6, 6.07) is 43.5. The van der Waals surface area contributed by atoms with Crippen LogP contribution in [0.4, 0.5) is 0 Å². The minimum atomic E-state index is -1.22. The van der Waals surface area contributed by atoms with Crippen molar-refractivity contribution in [2.45, 2.75) is 20.8 Å². The molecule has 0 amide bonds. The minimum Gasteiger partial charge on any atom is -0.195 e. The molecule has 0 saturated heterocycles. The monoisotopic (exact) mass is 478 g/mol. The minimum absolute atomic E-state index is 0.557. The standard InChI is InChI=1S/C24H20B.C9H20P/c1-5-13-21(14-6-1)25(22-15-7-2-8-16-22,23-17-9-3-10-18-23)24-19-11-4-12-20-24;1-5-9-10(6-2,7-3)8-4/h1-20H;5H,1,6-9H2,2-4H3/q-1;+1. The second-order valence-electron chi connectivity index (χ2n) is 9.27. The first-order valence-corrected chi connectivity index (χ1v) is 15.5. The molecule has 35 heavy (non-hydrogen) atoms. The molecule has 2 heteroatoms. The van der Waals surface area contributed by atoms with Crippen LogP contribution in [-0.2, 0) is 0 Å². The Morgan fingerprint density at radius 1 is 0.514 bits per heavy atom. The summed E-state index contributed by atoms with van der Waals surface area (Å²) in [7, 11) is -0.557. The maximum atomic E-state index is 3.82. The van der Waals surface area contributed by atoms with E-state index >= 15 is 0 Å². The fraction of sp³-hybridized carbons (Fsp3) is 0.212. The van der Waals surface area contributed by atoms with Crippen LogP contribution in [0.5, 0.6) is 0 Å². The zero-order chi connectivity index (χ0) is 25.0. The van der Waals surface area contributed by atoms with Crippen molar-refractivity contribution in [3.8, 4) is 0 Å². The topological polar surface area (TPSA) is 0 Å². The third kappa shape index (κ3) is 6.03. The van der Waals surface area contributed by atoms with Crippen LogP contribution in [0.15, 0.2) is 134 Å². The SMILES string of the molecule is C=CC[P+](CC)(CC)CC.c1ccc([B-](c2ccccc2)(c2ccccc2)c2ccccc2)cc1. The van der Waals surface area contributed by atoms with Crippen LogP contribution in [0.25, 0.3) is 0 Å². The third-order valence-electron chi connectivity index (χ3n) is 7.73. The molecule has 0 aromatic heterocycles. The van der Waals surface area contributed by atoms with Gasteiger partial charge in [-0.2, -0.15) is 21.9 Å². The van der Waals surface area contributed by atoms with Gasteiger partial charge in [-0.25, -0.2) is 0 Å². The van der Waals surface area contributed by atoms with E-state index in [1.807, 2.05) is 0 Å². The summed E-state index contributed by atoms with van der Waals surface area (Å²) in [6.07, 6.45) is 6.36. The van der Waals surface area contributed by atoms with E-state index in [1.165, 1.54) is 46.5 Å². The molecular weight excluding hydrogens is 438 g/mol. The Morgan fingerprint density at radius 2 is 0.771 bits per heavy atom. The molecule has 0 bridgehead atoms. The summed E-state index contributed by atoms with van der Waals surface area (Å²) in [5.74, 6) is 0. The predicted octanol–water partition coefficient (Wildman–Crippen LogP) is 6.31. The molecule has 4 aromatic rings. The maximum Gasteiger partial charge on any atom is 0.108 e. The Kier molecular flexibility index (Phi) is 10.1. The van der Waals surface area contributed by atoms with Gasteiger partial charge in [-0.05, 0) is 20.8 Å². The maximum absolute atomic E-state index is 3.82. The van der Waals surface area contributed by atoms with Crippen LogP contribution in [0.2, 0.25) is 0 Å². The van der Waals surface area contributed by atoms with Gasteiger partial charge in [0.15, 0.2) is 0 Å². The Labute approximate surface area is 214 Å². The van der Waals surface area contributed by atoms with Crippen LogP contribution in [0, 0.1) is 0 Å². The van der Waals surface area contributed by atoms with Gasteiger partial charge in [-0.1, -0.05) is 134 Å². The van der Waals surface area contributed by atoms with Gasteiger partial charge in [-0.3, -0.25) is 0 Å². The van der Waals surface area contributed by atoms with Crippen molar-refractivity contribution in [1.29, 1.82) is 0 Å². The van der Waals surface area contributed by atoms with Crippen LogP contribution in [0.1, 0.15) is 20.8 Å². The lowest BCUT2D eigenvalue weighted by atomic mass is 9.13. The van der Waals surface area contributed by atoms with Gasteiger partial charge in [0.1, 0.15) is 6.15 Å². The van der Waals surface area contributed by atoms with Crippen molar-refractivity contribution in [2.24, 2.45) is 0 Å². The van der Waals surface area contributed by atoms with E-state index in [2.05, 4.69) is 155 Å². The first-order chi connectivity index (χ1) is 17.2. The van der Waals surface area contributed by atoms with E-state index in [9.17, 15) is 0 Å². The second kappa shape index (κ2) is 13.3. The number of allylic oxidation sites excluding steroid dienone is 1. The second-order valence-corrected chi connectivity index (χ2v) is 14.2. The Morgan fingerprint density at radius 3 is 0.943 bits per heavy atom. The van der Waals surface area contributed by atoms with E-state index in [4.69, 9.17) is 0 Å². The Hall–Kier alpha value is -2.89.